The Morgan fingerprint density at radius 3 is 3.13 bits per heavy atom. The van der Waals surface area contributed by atoms with Crippen molar-refractivity contribution in [1.82, 2.24) is 10.2 Å². The number of para-hydroxylation sites is 1. The van der Waals surface area contributed by atoms with Crippen molar-refractivity contribution in [1.29, 1.82) is 0 Å². The number of nitrogens with one attached hydrogen (secondary N) is 2. The molecule has 0 unspecified atom stereocenters. The van der Waals surface area contributed by atoms with Crippen molar-refractivity contribution in [2.75, 3.05) is 11.9 Å². The van der Waals surface area contributed by atoms with Crippen molar-refractivity contribution >= 4 is 17.3 Å². The van der Waals surface area contributed by atoms with Gasteiger partial charge in [-0.15, -0.1) is 0 Å². The van der Waals surface area contributed by atoms with Gasteiger partial charge in [-0.05, 0) is 6.07 Å². The van der Waals surface area contributed by atoms with Gasteiger partial charge in [0.25, 0.3) is 0 Å². The highest BCUT2D eigenvalue weighted by molar-refractivity contribution is 6.34. The zero-order valence-corrected chi connectivity index (χ0v) is 8.80. The third-order valence-corrected chi connectivity index (χ3v) is 3.01. The van der Waals surface area contributed by atoms with E-state index in [1.807, 2.05) is 18.3 Å². The maximum absolute atomic E-state index is 6.16. The van der Waals surface area contributed by atoms with Crippen LogP contribution in [0, 0.1) is 0 Å². The summed E-state index contributed by atoms with van der Waals surface area (Å²) in [5.41, 5.74) is 4.46. The fourth-order valence-electron chi connectivity index (χ4n) is 1.98. The lowest BCUT2D eigenvalue weighted by Crippen LogP contribution is -2.03. The van der Waals surface area contributed by atoms with Crippen molar-refractivity contribution in [3.05, 3.63) is 35.1 Å². The maximum Gasteiger partial charge on any atom is 0.0643 e. The molecule has 3 nitrogen and oxygen atoms in total. The van der Waals surface area contributed by atoms with Crippen LogP contribution in [0.15, 0.2) is 24.4 Å². The molecule has 1 aromatic heterocycles. The molecule has 2 aromatic rings. The number of anilines is 1. The number of aromatic amines is 1. The van der Waals surface area contributed by atoms with Crippen LogP contribution in [0.25, 0.3) is 11.1 Å². The summed E-state index contributed by atoms with van der Waals surface area (Å²) in [6.07, 6.45) is 2.80. The normalized spacial score (nSPS) is 13.7. The number of rotatable bonds is 0. The van der Waals surface area contributed by atoms with E-state index in [1.165, 1.54) is 5.69 Å². The van der Waals surface area contributed by atoms with Gasteiger partial charge >= 0.3 is 0 Å². The molecule has 0 saturated carbocycles. The average Bonchev–Trinajstić information content (AvgIpc) is 2.62. The summed E-state index contributed by atoms with van der Waals surface area (Å²) in [6, 6.07) is 5.93. The Bertz CT molecular complexity index is 504. The largest absolute Gasteiger partial charge is 0.383 e. The lowest BCUT2D eigenvalue weighted by atomic mass is 10.0. The minimum atomic E-state index is 0.765. The van der Waals surface area contributed by atoms with E-state index in [-0.39, 0.29) is 0 Å². The molecule has 76 valence electrons. The minimum absolute atomic E-state index is 0.765. The number of hydrogen-bond donors (Lipinski definition) is 2. The van der Waals surface area contributed by atoms with Gasteiger partial charge in [-0.25, -0.2) is 0 Å². The van der Waals surface area contributed by atoms with Gasteiger partial charge in [0.1, 0.15) is 0 Å². The summed E-state index contributed by atoms with van der Waals surface area (Å²) in [5, 5.41) is 11.2. The Balaban J connectivity index is 2.29. The number of benzene rings is 1. The second kappa shape index (κ2) is 3.28. The quantitative estimate of drug-likeness (QED) is 0.715. The standard InChI is InChI=1S/C11H10ClN3/c12-9-3-1-2-7-8-6-14-15-10(8)4-5-13-11(7)9/h1-3,6,13H,4-5H2,(H,14,15). The maximum atomic E-state index is 6.16. The van der Waals surface area contributed by atoms with Crippen LogP contribution >= 0.6 is 11.6 Å². The molecule has 4 heteroatoms. The van der Waals surface area contributed by atoms with Crippen LogP contribution < -0.4 is 5.32 Å². The number of nitrogens with zero attached hydrogens (tertiary/aromatic N) is 1. The molecule has 3 rings (SSSR count). The van der Waals surface area contributed by atoms with E-state index >= 15 is 0 Å². The molecule has 0 fully saturated rings. The van der Waals surface area contributed by atoms with Crippen molar-refractivity contribution in [2.24, 2.45) is 0 Å². The lowest BCUT2D eigenvalue weighted by Gasteiger charge is -2.08. The first-order chi connectivity index (χ1) is 7.36. The van der Waals surface area contributed by atoms with E-state index in [0.29, 0.717) is 0 Å². The summed E-state index contributed by atoms with van der Waals surface area (Å²) >= 11 is 6.16. The third kappa shape index (κ3) is 1.31. The highest BCUT2D eigenvalue weighted by atomic mass is 35.5. The molecular weight excluding hydrogens is 210 g/mol. The predicted molar refractivity (Wildman–Crippen MR) is 61.2 cm³/mol. The Morgan fingerprint density at radius 2 is 2.20 bits per heavy atom. The first-order valence-corrected chi connectivity index (χ1v) is 5.29. The zero-order chi connectivity index (χ0) is 10.3. The predicted octanol–water partition coefficient (Wildman–Crippen LogP) is 2.70. The van der Waals surface area contributed by atoms with Crippen molar-refractivity contribution in [3.63, 3.8) is 0 Å². The van der Waals surface area contributed by atoms with E-state index in [9.17, 15) is 0 Å². The van der Waals surface area contributed by atoms with Crippen LogP contribution in [0.4, 0.5) is 5.69 Å². The van der Waals surface area contributed by atoms with Gasteiger partial charge in [0.15, 0.2) is 0 Å². The first kappa shape index (κ1) is 8.80. The van der Waals surface area contributed by atoms with Crippen LogP contribution in [0.1, 0.15) is 5.69 Å². The van der Waals surface area contributed by atoms with E-state index in [1.54, 1.807) is 0 Å². The van der Waals surface area contributed by atoms with Gasteiger partial charge in [0.2, 0.25) is 0 Å². The monoisotopic (exact) mass is 219 g/mol. The van der Waals surface area contributed by atoms with E-state index in [4.69, 9.17) is 11.6 Å². The molecule has 0 atom stereocenters. The lowest BCUT2D eigenvalue weighted by molar-refractivity contribution is 0.936. The molecule has 0 saturated heterocycles. The summed E-state index contributed by atoms with van der Waals surface area (Å²) in [7, 11) is 0. The molecule has 1 aliphatic rings. The highest BCUT2D eigenvalue weighted by Gasteiger charge is 2.16. The fraction of sp³-hybridized carbons (Fsp3) is 0.182. The summed E-state index contributed by atoms with van der Waals surface area (Å²) in [5.74, 6) is 0. The SMILES string of the molecule is Clc1cccc2c1NCCc1[nH]ncc1-2. The van der Waals surface area contributed by atoms with Crippen molar-refractivity contribution in [2.45, 2.75) is 6.42 Å². The molecule has 1 aliphatic heterocycles. The summed E-state index contributed by atoms with van der Waals surface area (Å²) < 4.78 is 0. The molecule has 0 aliphatic carbocycles. The minimum Gasteiger partial charge on any atom is -0.383 e. The third-order valence-electron chi connectivity index (χ3n) is 2.70. The highest BCUT2D eigenvalue weighted by Crippen LogP contribution is 2.36. The van der Waals surface area contributed by atoms with Crippen LogP contribution in [0.3, 0.4) is 0 Å². The Labute approximate surface area is 92.5 Å². The Hall–Kier alpha value is -1.48. The summed E-state index contributed by atoms with van der Waals surface area (Å²) in [4.78, 5) is 0. The summed E-state index contributed by atoms with van der Waals surface area (Å²) in [6.45, 7) is 0.881. The Kier molecular flexibility index (Phi) is 1.92. The molecule has 1 aromatic carbocycles. The molecule has 2 heterocycles. The first-order valence-electron chi connectivity index (χ1n) is 4.91. The molecule has 0 amide bonds. The van der Waals surface area contributed by atoms with Crippen LogP contribution in [0.5, 0.6) is 0 Å². The molecule has 0 radical (unpaired) electrons. The second-order valence-corrected chi connectivity index (χ2v) is 4.01. The van der Waals surface area contributed by atoms with Gasteiger partial charge in [0, 0.05) is 29.8 Å². The number of H-pyrrole nitrogens is 1. The molecule has 0 bridgehead atoms. The van der Waals surface area contributed by atoms with Crippen LogP contribution in [0.2, 0.25) is 5.02 Å². The second-order valence-electron chi connectivity index (χ2n) is 3.60. The molecular formula is C11H10ClN3. The van der Waals surface area contributed by atoms with E-state index in [2.05, 4.69) is 21.6 Å². The number of fused-ring (bicyclic) bond motifs is 3. The topological polar surface area (TPSA) is 40.7 Å². The van der Waals surface area contributed by atoms with Crippen LogP contribution in [-0.4, -0.2) is 16.7 Å². The van der Waals surface area contributed by atoms with Gasteiger partial charge in [-0.2, -0.15) is 5.10 Å². The molecule has 0 spiro atoms. The molecule has 2 N–H and O–H groups in total. The smallest absolute Gasteiger partial charge is 0.0643 e. The fourth-order valence-corrected chi connectivity index (χ4v) is 2.22. The van der Waals surface area contributed by atoms with E-state index in [0.717, 1.165) is 34.8 Å². The zero-order valence-electron chi connectivity index (χ0n) is 8.05. The van der Waals surface area contributed by atoms with Gasteiger partial charge in [-0.1, -0.05) is 23.7 Å². The van der Waals surface area contributed by atoms with Crippen molar-refractivity contribution in [3.8, 4) is 11.1 Å². The number of aromatic nitrogens is 2. The molecule has 15 heavy (non-hydrogen) atoms. The van der Waals surface area contributed by atoms with Gasteiger partial charge in [0.05, 0.1) is 16.9 Å². The number of halogens is 1. The number of hydrogen-bond acceptors (Lipinski definition) is 2. The Morgan fingerprint density at radius 1 is 1.27 bits per heavy atom. The average molecular weight is 220 g/mol. The van der Waals surface area contributed by atoms with Crippen molar-refractivity contribution < 1.29 is 0 Å². The van der Waals surface area contributed by atoms with Gasteiger partial charge in [-0.3, -0.25) is 5.10 Å². The van der Waals surface area contributed by atoms with Crippen LogP contribution in [-0.2, 0) is 6.42 Å². The van der Waals surface area contributed by atoms with E-state index < -0.39 is 0 Å². The van der Waals surface area contributed by atoms with Gasteiger partial charge < -0.3 is 5.32 Å².